The van der Waals surface area contributed by atoms with Gasteiger partial charge in [-0.2, -0.15) is 0 Å². The van der Waals surface area contributed by atoms with E-state index in [9.17, 15) is 9.59 Å². The van der Waals surface area contributed by atoms with Crippen LogP contribution < -0.4 is 10.1 Å². The summed E-state index contributed by atoms with van der Waals surface area (Å²) in [5.74, 6) is 0.0855. The van der Waals surface area contributed by atoms with Gasteiger partial charge < -0.3 is 10.1 Å². The average molecular weight is 327 g/mol. The van der Waals surface area contributed by atoms with Crippen LogP contribution in [0, 0.1) is 6.92 Å². The minimum atomic E-state index is -0.368. The lowest BCUT2D eigenvalue weighted by molar-refractivity contribution is 0.102. The highest BCUT2D eigenvalue weighted by Crippen LogP contribution is 2.32. The van der Waals surface area contributed by atoms with Gasteiger partial charge in [0.25, 0.3) is 5.91 Å². The first kappa shape index (κ1) is 15.1. The molecule has 0 saturated heterocycles. The molecule has 1 amide bonds. The molecule has 0 aliphatic carbocycles. The number of pyridine rings is 1. The molecular weight excluding hydrogens is 314 g/mol. The smallest absolute Gasteiger partial charge is 0.261 e. The molecule has 0 fully saturated rings. The number of benzene rings is 1. The molecule has 6 nitrogen and oxygen atoms in total. The lowest BCUT2D eigenvalue weighted by Gasteiger charge is -2.11. The average Bonchev–Trinajstić information content (AvgIpc) is 2.94. The number of amides is 1. The van der Waals surface area contributed by atoms with Gasteiger partial charge in [0, 0.05) is 11.8 Å². The summed E-state index contributed by atoms with van der Waals surface area (Å²) in [6.45, 7) is 1.88. The van der Waals surface area contributed by atoms with Gasteiger partial charge in [0.2, 0.25) is 0 Å². The monoisotopic (exact) mass is 327 g/mol. The van der Waals surface area contributed by atoms with E-state index >= 15 is 0 Å². The van der Waals surface area contributed by atoms with Crippen molar-refractivity contribution in [2.24, 2.45) is 0 Å². The number of nitrogens with one attached hydrogen (secondary N) is 1. The molecule has 3 aromatic rings. The lowest BCUT2D eigenvalue weighted by atomic mass is 10.1. The fraction of sp³-hybridized carbons (Fsp3) is 0.125. The molecule has 116 valence electrons. The molecule has 2 aromatic heterocycles. The number of nitrogens with zero attached hydrogens (tertiary/aromatic N) is 2. The summed E-state index contributed by atoms with van der Waals surface area (Å²) in [6, 6.07) is 5.06. The standard InChI is InChI=1S/C16H13N3O3S/c1-9-18-11-3-4-13(22-2)14(15(11)23-9)16(21)19-12-7-17-6-5-10(12)8-20/h3-8H,1-2H3,(H,19,21). The Morgan fingerprint density at radius 1 is 1.35 bits per heavy atom. The molecule has 0 aliphatic heterocycles. The SMILES string of the molecule is COc1ccc2nc(C)sc2c1C(=O)Nc1cnccc1C=O. The summed E-state index contributed by atoms with van der Waals surface area (Å²) in [7, 11) is 1.51. The summed E-state index contributed by atoms with van der Waals surface area (Å²) in [6.07, 6.45) is 3.60. The van der Waals surface area contributed by atoms with Crippen LogP contribution in [0.5, 0.6) is 5.75 Å². The van der Waals surface area contributed by atoms with Crippen LogP contribution in [0.1, 0.15) is 25.7 Å². The van der Waals surface area contributed by atoms with Crippen LogP contribution in [0.3, 0.4) is 0 Å². The number of aromatic nitrogens is 2. The molecular formula is C16H13N3O3S. The van der Waals surface area contributed by atoms with E-state index in [4.69, 9.17) is 4.74 Å². The van der Waals surface area contributed by atoms with Gasteiger partial charge in [0.05, 0.1) is 34.2 Å². The summed E-state index contributed by atoms with van der Waals surface area (Å²) in [5, 5.41) is 3.58. The summed E-state index contributed by atoms with van der Waals surface area (Å²) in [4.78, 5) is 32.1. The Hall–Kier alpha value is -2.80. The van der Waals surface area contributed by atoms with Crippen molar-refractivity contribution in [1.82, 2.24) is 9.97 Å². The number of hydrogen-bond acceptors (Lipinski definition) is 6. The Kier molecular flexibility index (Phi) is 4.03. The van der Waals surface area contributed by atoms with Crippen molar-refractivity contribution in [3.63, 3.8) is 0 Å². The molecule has 3 rings (SSSR count). The highest BCUT2D eigenvalue weighted by molar-refractivity contribution is 7.19. The molecule has 23 heavy (non-hydrogen) atoms. The van der Waals surface area contributed by atoms with Crippen LogP contribution in [-0.4, -0.2) is 29.3 Å². The van der Waals surface area contributed by atoms with Gasteiger partial charge in [-0.1, -0.05) is 0 Å². The van der Waals surface area contributed by atoms with Gasteiger partial charge in [-0.3, -0.25) is 14.6 Å². The zero-order valence-electron chi connectivity index (χ0n) is 12.5. The van der Waals surface area contributed by atoms with Crippen LogP contribution >= 0.6 is 11.3 Å². The van der Waals surface area contributed by atoms with E-state index in [2.05, 4.69) is 15.3 Å². The number of carbonyl (C=O) groups is 2. The number of ether oxygens (including phenoxy) is 1. The first-order valence-corrected chi connectivity index (χ1v) is 7.60. The first-order valence-electron chi connectivity index (χ1n) is 6.78. The molecule has 0 radical (unpaired) electrons. The van der Waals surface area contributed by atoms with Gasteiger partial charge >= 0.3 is 0 Å². The minimum Gasteiger partial charge on any atom is -0.496 e. The number of aryl methyl sites for hydroxylation is 1. The Morgan fingerprint density at radius 2 is 2.17 bits per heavy atom. The van der Waals surface area contributed by atoms with Gasteiger partial charge in [-0.05, 0) is 25.1 Å². The van der Waals surface area contributed by atoms with Crippen LogP contribution in [0.2, 0.25) is 0 Å². The lowest BCUT2D eigenvalue weighted by Crippen LogP contribution is -2.15. The van der Waals surface area contributed by atoms with Crippen LogP contribution in [0.4, 0.5) is 5.69 Å². The zero-order valence-corrected chi connectivity index (χ0v) is 13.3. The molecule has 1 N–H and O–H groups in total. The maximum Gasteiger partial charge on any atom is 0.261 e. The largest absolute Gasteiger partial charge is 0.496 e. The molecule has 0 bridgehead atoms. The van der Waals surface area contributed by atoms with Crippen molar-refractivity contribution < 1.29 is 14.3 Å². The Morgan fingerprint density at radius 3 is 2.91 bits per heavy atom. The molecule has 0 spiro atoms. The van der Waals surface area contributed by atoms with E-state index in [1.54, 1.807) is 6.07 Å². The first-order chi connectivity index (χ1) is 11.1. The summed E-state index contributed by atoms with van der Waals surface area (Å²) < 4.78 is 6.06. The number of hydrogen-bond donors (Lipinski definition) is 1. The molecule has 0 atom stereocenters. The maximum absolute atomic E-state index is 12.7. The Balaban J connectivity index is 2.08. The van der Waals surface area contributed by atoms with E-state index < -0.39 is 0 Å². The van der Waals surface area contributed by atoms with Gasteiger partial charge in [-0.25, -0.2) is 4.98 Å². The molecule has 2 heterocycles. The third-order valence-electron chi connectivity index (χ3n) is 3.30. The normalized spacial score (nSPS) is 10.5. The maximum atomic E-state index is 12.7. The number of anilines is 1. The summed E-state index contributed by atoms with van der Waals surface area (Å²) in [5.41, 5.74) is 1.85. The van der Waals surface area contributed by atoms with Crippen molar-refractivity contribution in [2.45, 2.75) is 6.92 Å². The number of thiazole rings is 1. The van der Waals surface area contributed by atoms with Crippen LogP contribution in [0.25, 0.3) is 10.2 Å². The van der Waals surface area contributed by atoms with Gasteiger partial charge in [0.1, 0.15) is 11.3 Å². The zero-order chi connectivity index (χ0) is 16.4. The molecule has 0 aliphatic rings. The topological polar surface area (TPSA) is 81.2 Å². The van der Waals surface area contributed by atoms with Crippen molar-refractivity contribution in [1.29, 1.82) is 0 Å². The number of rotatable bonds is 4. The second-order valence-corrected chi connectivity index (χ2v) is 5.96. The highest BCUT2D eigenvalue weighted by atomic mass is 32.1. The predicted octanol–water partition coefficient (Wildman–Crippen LogP) is 3.07. The van der Waals surface area contributed by atoms with Gasteiger partial charge in [0.15, 0.2) is 6.29 Å². The number of aldehydes is 1. The second kappa shape index (κ2) is 6.13. The van der Waals surface area contributed by atoms with Crippen LogP contribution in [0.15, 0.2) is 30.6 Å². The quantitative estimate of drug-likeness (QED) is 0.745. The third kappa shape index (κ3) is 2.78. The Bertz CT molecular complexity index is 905. The Labute approximate surface area is 136 Å². The van der Waals surface area contributed by atoms with Crippen molar-refractivity contribution in [2.75, 3.05) is 12.4 Å². The molecule has 0 saturated carbocycles. The predicted molar refractivity (Wildman–Crippen MR) is 88.5 cm³/mol. The number of carbonyl (C=O) groups excluding carboxylic acids is 2. The molecule has 0 unspecified atom stereocenters. The van der Waals surface area contributed by atoms with E-state index in [1.807, 2.05) is 13.0 Å². The third-order valence-corrected chi connectivity index (χ3v) is 4.31. The van der Waals surface area contributed by atoms with Gasteiger partial charge in [-0.15, -0.1) is 11.3 Å². The minimum absolute atomic E-state index is 0.354. The van der Waals surface area contributed by atoms with E-state index in [1.165, 1.54) is 36.9 Å². The van der Waals surface area contributed by atoms with Crippen molar-refractivity contribution >= 4 is 39.4 Å². The summed E-state index contributed by atoms with van der Waals surface area (Å²) >= 11 is 1.42. The highest BCUT2D eigenvalue weighted by Gasteiger charge is 2.20. The van der Waals surface area contributed by atoms with Crippen LogP contribution in [-0.2, 0) is 0 Å². The second-order valence-electron chi connectivity index (χ2n) is 4.76. The van der Waals surface area contributed by atoms with Crippen molar-refractivity contribution in [3.05, 3.63) is 46.7 Å². The van der Waals surface area contributed by atoms with E-state index in [0.29, 0.717) is 28.8 Å². The number of methoxy groups -OCH3 is 1. The van der Waals surface area contributed by atoms with E-state index in [-0.39, 0.29) is 5.91 Å². The fourth-order valence-corrected chi connectivity index (χ4v) is 3.22. The number of fused-ring (bicyclic) bond motifs is 1. The molecule has 7 heteroatoms. The van der Waals surface area contributed by atoms with Crippen molar-refractivity contribution in [3.8, 4) is 5.75 Å². The molecule has 1 aromatic carbocycles. The fourth-order valence-electron chi connectivity index (χ4n) is 2.27. The van der Waals surface area contributed by atoms with E-state index in [0.717, 1.165) is 15.2 Å².